The van der Waals surface area contributed by atoms with Gasteiger partial charge in [0.2, 0.25) is 0 Å². The molecule has 1 aliphatic rings. The normalized spacial score (nSPS) is 16.9. The Bertz CT molecular complexity index is 1580. The van der Waals surface area contributed by atoms with Crippen molar-refractivity contribution in [2.24, 2.45) is 11.8 Å². The third-order valence-electron chi connectivity index (χ3n) is 6.83. The fourth-order valence-electron chi connectivity index (χ4n) is 4.66. The van der Waals surface area contributed by atoms with Gasteiger partial charge in [-0.1, -0.05) is 24.0 Å². The molecule has 2 aromatic heterocycles. The highest BCUT2D eigenvalue weighted by Crippen LogP contribution is 2.25. The van der Waals surface area contributed by atoms with E-state index in [0.717, 1.165) is 38.9 Å². The van der Waals surface area contributed by atoms with Gasteiger partial charge in [-0.2, -0.15) is 0 Å². The van der Waals surface area contributed by atoms with Crippen LogP contribution in [0, 0.1) is 17.8 Å². The van der Waals surface area contributed by atoms with E-state index in [4.69, 9.17) is 10.8 Å². The van der Waals surface area contributed by atoms with Gasteiger partial charge in [-0.25, -0.2) is 4.98 Å². The molecule has 5 rings (SSSR count). The number of carboxylic acid groups (broad SMARTS) is 1. The van der Waals surface area contributed by atoms with Gasteiger partial charge in [0.15, 0.2) is 0 Å². The van der Waals surface area contributed by atoms with Crippen molar-refractivity contribution in [3.8, 4) is 23.1 Å². The minimum Gasteiger partial charge on any atom is -0.481 e. The Morgan fingerprint density at radius 2 is 1.74 bits per heavy atom. The summed E-state index contributed by atoms with van der Waals surface area (Å²) in [5.41, 5.74) is 8.38. The van der Waals surface area contributed by atoms with Crippen LogP contribution in [0.15, 0.2) is 73.1 Å². The Kier molecular flexibility index (Phi) is 7.61. The van der Waals surface area contributed by atoms with E-state index in [1.54, 1.807) is 36.7 Å². The molecule has 0 aliphatic carbocycles. The van der Waals surface area contributed by atoms with E-state index in [2.05, 4.69) is 22.3 Å². The number of hydrogen-bond donors (Lipinski definition) is 4. The predicted molar refractivity (Wildman–Crippen MR) is 146 cm³/mol. The Morgan fingerprint density at radius 3 is 2.41 bits per heavy atom. The second-order valence-electron chi connectivity index (χ2n) is 9.40. The number of carbonyl (C=O) groups is 2. The van der Waals surface area contributed by atoms with Gasteiger partial charge in [-0.15, -0.1) is 0 Å². The monoisotopic (exact) mass is 521 g/mol. The Balaban J connectivity index is 1.28. The molecule has 39 heavy (non-hydrogen) atoms. The van der Waals surface area contributed by atoms with Gasteiger partial charge in [-0.3, -0.25) is 25.8 Å². The number of amides is 1. The number of aliphatic hydroxyl groups excluding tert-OH is 1. The number of fused-ring (bicyclic) bond motifs is 1. The first kappa shape index (κ1) is 26.0. The third-order valence-corrected chi connectivity index (χ3v) is 6.83. The van der Waals surface area contributed by atoms with E-state index in [1.807, 2.05) is 36.4 Å². The molecule has 9 heteroatoms. The van der Waals surface area contributed by atoms with Crippen LogP contribution < -0.4 is 11.3 Å². The molecular formula is C30H27N5O4. The Labute approximate surface area is 225 Å². The van der Waals surface area contributed by atoms with Crippen LogP contribution in [0.25, 0.3) is 22.2 Å². The molecule has 0 spiro atoms. The van der Waals surface area contributed by atoms with Gasteiger partial charge in [-0.05, 0) is 60.5 Å². The molecule has 1 fully saturated rings. The first-order chi connectivity index (χ1) is 18.9. The number of piperidine rings is 1. The SMILES string of the molecule is NNCc1cc(-c2ccc(C#Cc3ccc(C(=O)N4CCC(O)C(C(=O)O)C4)cc3)cc2)nc2ccncc12. The molecule has 0 saturated carbocycles. The standard InChI is InChI=1S/C30H27N5O4/c31-33-16-23-15-27(34-26-11-13-32-17-24(23)26)21-7-3-19(4-8-21)1-2-20-5-9-22(10-6-20)29(37)35-14-12-28(36)25(18-35)30(38)39/h3-11,13,15,17,25,28,33,36H,12,14,16,18,31H2,(H,38,39). The van der Waals surface area contributed by atoms with E-state index in [9.17, 15) is 19.8 Å². The number of aliphatic hydroxyl groups is 1. The zero-order valence-electron chi connectivity index (χ0n) is 21.0. The molecule has 0 bridgehead atoms. The number of aliphatic carboxylic acids is 1. The summed E-state index contributed by atoms with van der Waals surface area (Å²) in [6, 6.07) is 18.6. The van der Waals surface area contributed by atoms with Crippen LogP contribution >= 0.6 is 0 Å². The Morgan fingerprint density at radius 1 is 1.05 bits per heavy atom. The van der Waals surface area contributed by atoms with Gasteiger partial charge < -0.3 is 15.1 Å². The van der Waals surface area contributed by atoms with E-state index in [1.165, 1.54) is 4.90 Å². The second-order valence-corrected chi connectivity index (χ2v) is 9.40. The fourth-order valence-corrected chi connectivity index (χ4v) is 4.66. The molecule has 196 valence electrons. The average molecular weight is 522 g/mol. The summed E-state index contributed by atoms with van der Waals surface area (Å²) in [5, 5.41) is 20.1. The number of benzene rings is 2. The molecular weight excluding hydrogens is 494 g/mol. The maximum Gasteiger partial charge on any atom is 0.310 e. The molecule has 9 nitrogen and oxygen atoms in total. The summed E-state index contributed by atoms with van der Waals surface area (Å²) in [7, 11) is 0. The van der Waals surface area contributed by atoms with Gasteiger partial charge in [0.25, 0.3) is 5.91 Å². The van der Waals surface area contributed by atoms with Crippen molar-refractivity contribution in [3.05, 3.63) is 95.3 Å². The molecule has 4 aromatic rings. The summed E-state index contributed by atoms with van der Waals surface area (Å²) in [6.07, 6.45) is 2.80. The number of pyridine rings is 2. The summed E-state index contributed by atoms with van der Waals surface area (Å²) < 4.78 is 0. The number of nitrogens with zero attached hydrogens (tertiary/aromatic N) is 3. The van der Waals surface area contributed by atoms with E-state index < -0.39 is 18.0 Å². The minimum absolute atomic E-state index is 0.00988. The van der Waals surface area contributed by atoms with E-state index in [-0.39, 0.29) is 18.9 Å². The lowest BCUT2D eigenvalue weighted by Crippen LogP contribution is -2.48. The lowest BCUT2D eigenvalue weighted by molar-refractivity contribution is -0.148. The van der Waals surface area contributed by atoms with Crippen LogP contribution in [0.4, 0.5) is 0 Å². The fraction of sp³-hybridized carbons (Fsp3) is 0.200. The number of aromatic nitrogens is 2. The van der Waals surface area contributed by atoms with Crippen LogP contribution in [0.2, 0.25) is 0 Å². The molecule has 2 aromatic carbocycles. The van der Waals surface area contributed by atoms with Gasteiger partial charge >= 0.3 is 5.97 Å². The topological polar surface area (TPSA) is 142 Å². The smallest absolute Gasteiger partial charge is 0.310 e. The second kappa shape index (κ2) is 11.4. The maximum atomic E-state index is 12.8. The number of carboxylic acids is 1. The van der Waals surface area contributed by atoms with Crippen molar-refractivity contribution in [3.63, 3.8) is 0 Å². The number of nitrogens with one attached hydrogen (secondary N) is 1. The minimum atomic E-state index is -1.10. The molecule has 1 amide bonds. The van der Waals surface area contributed by atoms with Crippen LogP contribution in [-0.2, 0) is 11.3 Å². The van der Waals surface area contributed by atoms with Crippen molar-refractivity contribution < 1.29 is 19.8 Å². The Hall–Kier alpha value is -4.62. The average Bonchev–Trinajstić information content (AvgIpc) is 2.96. The lowest BCUT2D eigenvalue weighted by atomic mass is 9.94. The van der Waals surface area contributed by atoms with Gasteiger partial charge in [0.05, 0.1) is 17.3 Å². The number of rotatable bonds is 5. The lowest BCUT2D eigenvalue weighted by Gasteiger charge is -2.34. The maximum absolute atomic E-state index is 12.8. The van der Waals surface area contributed by atoms with Crippen LogP contribution in [-0.4, -0.2) is 56.2 Å². The summed E-state index contributed by atoms with van der Waals surface area (Å²) >= 11 is 0. The number of nitrogens with two attached hydrogens (primary N) is 1. The summed E-state index contributed by atoms with van der Waals surface area (Å²) in [6.45, 7) is 0.804. The summed E-state index contributed by atoms with van der Waals surface area (Å²) in [5.74, 6) is 9.49. The zero-order chi connectivity index (χ0) is 27.4. The predicted octanol–water partition coefficient (Wildman–Crippen LogP) is 2.57. The highest BCUT2D eigenvalue weighted by Gasteiger charge is 2.35. The number of likely N-dealkylation sites (tertiary alicyclic amines) is 1. The van der Waals surface area contributed by atoms with Crippen molar-refractivity contribution >= 4 is 22.8 Å². The molecule has 5 N–H and O–H groups in total. The van der Waals surface area contributed by atoms with Gasteiger partial charge in [0, 0.05) is 59.7 Å². The molecule has 1 saturated heterocycles. The molecule has 2 unspecified atom stereocenters. The first-order valence-corrected chi connectivity index (χ1v) is 12.5. The largest absolute Gasteiger partial charge is 0.481 e. The molecule has 2 atom stereocenters. The first-order valence-electron chi connectivity index (χ1n) is 12.5. The van der Waals surface area contributed by atoms with Crippen LogP contribution in [0.3, 0.4) is 0 Å². The highest BCUT2D eigenvalue weighted by molar-refractivity contribution is 5.94. The zero-order valence-corrected chi connectivity index (χ0v) is 21.0. The van der Waals surface area contributed by atoms with Crippen molar-refractivity contribution in [1.82, 2.24) is 20.3 Å². The molecule has 0 radical (unpaired) electrons. The summed E-state index contributed by atoms with van der Waals surface area (Å²) in [4.78, 5) is 34.6. The van der Waals surface area contributed by atoms with E-state index in [0.29, 0.717) is 18.7 Å². The van der Waals surface area contributed by atoms with Crippen LogP contribution in [0.5, 0.6) is 0 Å². The molecule has 3 heterocycles. The van der Waals surface area contributed by atoms with Gasteiger partial charge in [0.1, 0.15) is 5.92 Å². The highest BCUT2D eigenvalue weighted by atomic mass is 16.4. The molecule has 1 aliphatic heterocycles. The van der Waals surface area contributed by atoms with Crippen LogP contribution in [0.1, 0.15) is 33.5 Å². The van der Waals surface area contributed by atoms with Crippen molar-refractivity contribution in [1.29, 1.82) is 0 Å². The van der Waals surface area contributed by atoms with Crippen molar-refractivity contribution in [2.75, 3.05) is 13.1 Å². The number of carbonyl (C=O) groups excluding carboxylic acids is 1. The number of hydrazine groups is 1. The number of hydrogen-bond acceptors (Lipinski definition) is 7. The van der Waals surface area contributed by atoms with Crippen molar-refractivity contribution in [2.45, 2.75) is 19.1 Å². The van der Waals surface area contributed by atoms with E-state index >= 15 is 0 Å². The quantitative estimate of drug-likeness (QED) is 0.178. The third kappa shape index (κ3) is 5.78.